The highest BCUT2D eigenvalue weighted by Crippen LogP contribution is 2.35. The van der Waals surface area contributed by atoms with Gasteiger partial charge >= 0.3 is 0 Å². The highest BCUT2D eigenvalue weighted by molar-refractivity contribution is 4.82. The lowest BCUT2D eigenvalue weighted by molar-refractivity contribution is -0.0261. The van der Waals surface area contributed by atoms with E-state index in [4.69, 9.17) is 4.74 Å². The molecule has 1 rings (SSSR count). The van der Waals surface area contributed by atoms with Gasteiger partial charge in [0.05, 0.1) is 12.7 Å². The Kier molecular flexibility index (Phi) is 4.67. The Morgan fingerprint density at radius 3 is 2.71 bits per heavy atom. The SMILES string of the molecule is C=CCO[C@@H]1C[C@H](C)CC[C@@H]1C(C)C. The van der Waals surface area contributed by atoms with Gasteiger partial charge in [-0.1, -0.05) is 33.3 Å². The summed E-state index contributed by atoms with van der Waals surface area (Å²) >= 11 is 0. The largest absolute Gasteiger partial charge is 0.374 e. The van der Waals surface area contributed by atoms with E-state index in [2.05, 4.69) is 27.4 Å². The summed E-state index contributed by atoms with van der Waals surface area (Å²) in [7, 11) is 0. The predicted molar refractivity (Wildman–Crippen MR) is 61.3 cm³/mol. The molecule has 0 bridgehead atoms. The fourth-order valence-electron chi connectivity index (χ4n) is 2.50. The Balaban J connectivity index is 2.49. The molecular formula is C13H24O. The van der Waals surface area contributed by atoms with Crippen molar-refractivity contribution < 1.29 is 4.74 Å². The van der Waals surface area contributed by atoms with Crippen LogP contribution in [0.25, 0.3) is 0 Å². The lowest BCUT2D eigenvalue weighted by Gasteiger charge is -2.36. The van der Waals surface area contributed by atoms with Gasteiger partial charge in [0.2, 0.25) is 0 Å². The van der Waals surface area contributed by atoms with Crippen LogP contribution in [-0.2, 0) is 4.74 Å². The fraction of sp³-hybridized carbons (Fsp3) is 0.846. The molecule has 0 aromatic carbocycles. The van der Waals surface area contributed by atoms with Crippen LogP contribution in [0.3, 0.4) is 0 Å². The summed E-state index contributed by atoms with van der Waals surface area (Å²) in [6.07, 6.45) is 6.27. The standard InChI is InChI=1S/C13H24O/c1-5-8-14-13-9-11(4)6-7-12(13)10(2)3/h5,10-13H,1,6-9H2,2-4H3/t11-,12-,13-/m1/s1. The molecule has 1 nitrogen and oxygen atoms in total. The first kappa shape index (κ1) is 11.8. The van der Waals surface area contributed by atoms with E-state index in [1.165, 1.54) is 19.3 Å². The van der Waals surface area contributed by atoms with Gasteiger partial charge < -0.3 is 4.74 Å². The minimum absolute atomic E-state index is 0.469. The van der Waals surface area contributed by atoms with Crippen LogP contribution in [0.5, 0.6) is 0 Å². The van der Waals surface area contributed by atoms with Gasteiger partial charge in [0.1, 0.15) is 0 Å². The van der Waals surface area contributed by atoms with Crippen molar-refractivity contribution in [1.82, 2.24) is 0 Å². The lowest BCUT2D eigenvalue weighted by Crippen LogP contribution is -2.34. The van der Waals surface area contributed by atoms with Crippen molar-refractivity contribution in [1.29, 1.82) is 0 Å². The first-order valence-electron chi connectivity index (χ1n) is 5.87. The molecule has 0 aliphatic heterocycles. The third-order valence-electron chi connectivity index (χ3n) is 3.39. The monoisotopic (exact) mass is 196 g/mol. The fourth-order valence-corrected chi connectivity index (χ4v) is 2.50. The molecule has 3 atom stereocenters. The summed E-state index contributed by atoms with van der Waals surface area (Å²) in [5.74, 6) is 2.34. The molecule has 0 amide bonds. The Labute approximate surface area is 88.5 Å². The molecule has 0 saturated heterocycles. The quantitative estimate of drug-likeness (QED) is 0.624. The first-order valence-corrected chi connectivity index (χ1v) is 5.87. The summed E-state index contributed by atoms with van der Waals surface area (Å²) < 4.78 is 5.86. The van der Waals surface area contributed by atoms with E-state index in [9.17, 15) is 0 Å². The maximum Gasteiger partial charge on any atom is 0.0648 e. The molecule has 1 aliphatic rings. The van der Waals surface area contributed by atoms with Crippen molar-refractivity contribution in [2.24, 2.45) is 17.8 Å². The van der Waals surface area contributed by atoms with Crippen LogP contribution in [0, 0.1) is 17.8 Å². The van der Waals surface area contributed by atoms with Crippen molar-refractivity contribution in [2.75, 3.05) is 6.61 Å². The molecule has 82 valence electrons. The van der Waals surface area contributed by atoms with E-state index >= 15 is 0 Å². The van der Waals surface area contributed by atoms with Gasteiger partial charge in [0, 0.05) is 0 Å². The molecule has 1 saturated carbocycles. The van der Waals surface area contributed by atoms with Crippen molar-refractivity contribution in [2.45, 2.75) is 46.1 Å². The Bertz CT molecular complexity index is 174. The molecule has 0 radical (unpaired) electrons. The van der Waals surface area contributed by atoms with Crippen molar-refractivity contribution in [3.8, 4) is 0 Å². The Hall–Kier alpha value is -0.300. The van der Waals surface area contributed by atoms with Gasteiger partial charge in [-0.15, -0.1) is 6.58 Å². The maximum atomic E-state index is 5.86. The minimum atomic E-state index is 0.469. The average molecular weight is 196 g/mol. The van der Waals surface area contributed by atoms with Crippen LogP contribution >= 0.6 is 0 Å². The lowest BCUT2D eigenvalue weighted by atomic mass is 9.75. The zero-order valence-electron chi connectivity index (χ0n) is 9.83. The first-order chi connectivity index (χ1) is 6.65. The zero-order valence-corrected chi connectivity index (χ0v) is 9.83. The van der Waals surface area contributed by atoms with E-state index in [1.807, 2.05) is 6.08 Å². The van der Waals surface area contributed by atoms with Crippen LogP contribution in [0.2, 0.25) is 0 Å². The van der Waals surface area contributed by atoms with Crippen molar-refractivity contribution in [3.63, 3.8) is 0 Å². The zero-order chi connectivity index (χ0) is 10.6. The molecule has 1 fully saturated rings. The Morgan fingerprint density at radius 2 is 2.14 bits per heavy atom. The molecule has 0 spiro atoms. The topological polar surface area (TPSA) is 9.23 Å². The summed E-state index contributed by atoms with van der Waals surface area (Å²) in [6, 6.07) is 0. The molecule has 0 heterocycles. The summed E-state index contributed by atoms with van der Waals surface area (Å²) in [5, 5.41) is 0. The predicted octanol–water partition coefficient (Wildman–Crippen LogP) is 3.65. The molecule has 0 aromatic heterocycles. The maximum absolute atomic E-state index is 5.86. The van der Waals surface area contributed by atoms with Crippen molar-refractivity contribution >= 4 is 0 Å². The van der Waals surface area contributed by atoms with Crippen LogP contribution < -0.4 is 0 Å². The molecule has 0 unspecified atom stereocenters. The molecule has 1 heteroatoms. The molecule has 0 N–H and O–H groups in total. The summed E-state index contributed by atoms with van der Waals surface area (Å²) in [4.78, 5) is 0. The van der Waals surface area contributed by atoms with E-state index in [1.54, 1.807) is 0 Å². The van der Waals surface area contributed by atoms with Crippen LogP contribution in [0.1, 0.15) is 40.0 Å². The van der Waals surface area contributed by atoms with Crippen LogP contribution in [0.15, 0.2) is 12.7 Å². The second-order valence-electron chi connectivity index (χ2n) is 4.99. The van der Waals surface area contributed by atoms with Crippen LogP contribution in [0.4, 0.5) is 0 Å². The van der Waals surface area contributed by atoms with Gasteiger partial charge in [-0.05, 0) is 30.6 Å². The number of hydrogen-bond acceptors (Lipinski definition) is 1. The summed E-state index contributed by atoms with van der Waals surface area (Å²) in [6.45, 7) is 11.4. The number of rotatable bonds is 4. The van der Waals surface area contributed by atoms with Gasteiger partial charge in [0.15, 0.2) is 0 Å². The van der Waals surface area contributed by atoms with Crippen LogP contribution in [-0.4, -0.2) is 12.7 Å². The molecular weight excluding hydrogens is 172 g/mol. The Morgan fingerprint density at radius 1 is 1.43 bits per heavy atom. The normalized spacial score (nSPS) is 33.3. The van der Waals surface area contributed by atoms with Gasteiger partial charge in [-0.25, -0.2) is 0 Å². The number of hydrogen-bond donors (Lipinski definition) is 0. The van der Waals surface area contributed by atoms with E-state index in [0.29, 0.717) is 12.7 Å². The van der Waals surface area contributed by atoms with E-state index in [0.717, 1.165) is 17.8 Å². The molecule has 14 heavy (non-hydrogen) atoms. The van der Waals surface area contributed by atoms with E-state index in [-0.39, 0.29) is 0 Å². The van der Waals surface area contributed by atoms with Gasteiger partial charge in [-0.2, -0.15) is 0 Å². The smallest absolute Gasteiger partial charge is 0.0648 e. The number of ether oxygens (including phenoxy) is 1. The second-order valence-corrected chi connectivity index (χ2v) is 4.99. The molecule has 0 aromatic rings. The second kappa shape index (κ2) is 5.55. The van der Waals surface area contributed by atoms with Gasteiger partial charge in [-0.3, -0.25) is 0 Å². The van der Waals surface area contributed by atoms with Crippen molar-refractivity contribution in [3.05, 3.63) is 12.7 Å². The summed E-state index contributed by atoms with van der Waals surface area (Å²) in [5.41, 5.74) is 0. The third kappa shape index (κ3) is 3.13. The van der Waals surface area contributed by atoms with Gasteiger partial charge in [0.25, 0.3) is 0 Å². The molecule has 1 aliphatic carbocycles. The highest BCUT2D eigenvalue weighted by Gasteiger charge is 2.30. The highest BCUT2D eigenvalue weighted by atomic mass is 16.5. The third-order valence-corrected chi connectivity index (χ3v) is 3.39. The van der Waals surface area contributed by atoms with E-state index < -0.39 is 0 Å². The average Bonchev–Trinajstić information content (AvgIpc) is 2.14. The minimum Gasteiger partial charge on any atom is -0.374 e.